The van der Waals surface area contributed by atoms with Crippen LogP contribution in [0.4, 0.5) is 13.6 Å². The molecule has 2 aliphatic carbocycles. The third-order valence-corrected chi connectivity index (χ3v) is 6.74. The van der Waals surface area contributed by atoms with Crippen LogP contribution in [0.1, 0.15) is 42.7 Å². The Morgan fingerprint density at radius 1 is 0.971 bits per heavy atom. The first-order chi connectivity index (χ1) is 16.2. The van der Waals surface area contributed by atoms with Crippen LogP contribution in [0.2, 0.25) is 0 Å². The molecule has 180 valence electrons. The summed E-state index contributed by atoms with van der Waals surface area (Å²) in [6.45, 7) is -1.26. The minimum atomic E-state index is -4.06. The fraction of sp³-hybridized carbons (Fsp3) is 0.400. The number of alkyl halides is 2. The molecular formula is C25H26F2N2O5. The van der Waals surface area contributed by atoms with Crippen LogP contribution in [-0.2, 0) is 14.3 Å². The van der Waals surface area contributed by atoms with Crippen molar-refractivity contribution in [2.24, 2.45) is 5.41 Å². The lowest BCUT2D eigenvalue weighted by Crippen LogP contribution is -2.51. The second kappa shape index (κ2) is 9.40. The van der Waals surface area contributed by atoms with Gasteiger partial charge >= 0.3 is 18.0 Å². The highest BCUT2D eigenvalue weighted by atomic mass is 19.3. The van der Waals surface area contributed by atoms with Crippen LogP contribution in [0.25, 0.3) is 11.1 Å². The van der Waals surface area contributed by atoms with Crippen LogP contribution in [0, 0.1) is 5.41 Å². The highest BCUT2D eigenvalue weighted by Crippen LogP contribution is 2.44. The van der Waals surface area contributed by atoms with Gasteiger partial charge in [0.15, 0.2) is 0 Å². The van der Waals surface area contributed by atoms with Gasteiger partial charge in [0.2, 0.25) is 5.91 Å². The van der Waals surface area contributed by atoms with Gasteiger partial charge in [-0.15, -0.1) is 0 Å². The normalized spacial score (nSPS) is 16.4. The number of carboxylic acid groups (broad SMARTS) is 1. The largest absolute Gasteiger partial charge is 0.477 e. The van der Waals surface area contributed by atoms with E-state index in [-0.39, 0.29) is 19.1 Å². The van der Waals surface area contributed by atoms with Crippen LogP contribution in [0.3, 0.4) is 0 Å². The maximum absolute atomic E-state index is 13.4. The molecule has 0 unspecified atom stereocenters. The van der Waals surface area contributed by atoms with Crippen molar-refractivity contribution in [1.82, 2.24) is 10.6 Å². The van der Waals surface area contributed by atoms with Gasteiger partial charge in [-0.3, -0.25) is 4.79 Å². The summed E-state index contributed by atoms with van der Waals surface area (Å²) in [7, 11) is 0. The van der Waals surface area contributed by atoms with Crippen LogP contribution < -0.4 is 10.6 Å². The number of benzene rings is 2. The van der Waals surface area contributed by atoms with E-state index in [9.17, 15) is 23.2 Å². The van der Waals surface area contributed by atoms with Gasteiger partial charge in [-0.25, -0.2) is 9.59 Å². The molecule has 0 aliphatic heterocycles. The Kier molecular flexibility index (Phi) is 6.54. The molecule has 0 saturated heterocycles. The topological polar surface area (TPSA) is 105 Å². The minimum Gasteiger partial charge on any atom is -0.477 e. The average molecular weight is 472 g/mol. The number of amides is 2. The summed E-state index contributed by atoms with van der Waals surface area (Å²) in [6, 6.07) is 15.9. The number of carboxylic acids is 1. The van der Waals surface area contributed by atoms with E-state index in [1.807, 2.05) is 53.8 Å². The van der Waals surface area contributed by atoms with Gasteiger partial charge in [0, 0.05) is 12.5 Å². The highest BCUT2D eigenvalue weighted by Gasteiger charge is 2.45. The number of aliphatic carboxylic acids is 1. The van der Waals surface area contributed by atoms with E-state index in [1.54, 1.807) is 0 Å². The molecule has 0 bridgehead atoms. The highest BCUT2D eigenvalue weighted by molar-refractivity contribution is 5.85. The standard InChI is InChI=1S/C25H26F2N2O5/c26-25(27,22(31)32)15-28-21(30)24(11-5-6-12-24)14-29-23(33)34-13-20-18-9-3-1-7-16(18)17-8-2-4-10-19(17)20/h1-4,7-10,20H,5-6,11-15H2,(H,28,30)(H,29,33)(H,31,32). The molecule has 2 aromatic carbocycles. The van der Waals surface area contributed by atoms with Crippen molar-refractivity contribution >= 4 is 18.0 Å². The summed E-state index contributed by atoms with van der Waals surface area (Å²) in [5, 5.41) is 13.2. The molecule has 1 saturated carbocycles. The molecule has 0 radical (unpaired) electrons. The van der Waals surface area contributed by atoms with Crippen molar-refractivity contribution < 1.29 is 33.0 Å². The van der Waals surface area contributed by atoms with Crippen LogP contribution >= 0.6 is 0 Å². The zero-order chi connectivity index (χ0) is 24.3. The van der Waals surface area contributed by atoms with Gasteiger partial charge in [0.25, 0.3) is 0 Å². The molecule has 2 amide bonds. The molecular weight excluding hydrogens is 446 g/mol. The minimum absolute atomic E-state index is 0.0752. The molecule has 0 spiro atoms. The third kappa shape index (κ3) is 4.60. The van der Waals surface area contributed by atoms with Gasteiger partial charge in [-0.05, 0) is 35.1 Å². The van der Waals surface area contributed by atoms with E-state index in [0.29, 0.717) is 25.7 Å². The van der Waals surface area contributed by atoms with Crippen molar-refractivity contribution in [2.45, 2.75) is 37.5 Å². The molecule has 3 N–H and O–H groups in total. The van der Waals surface area contributed by atoms with Gasteiger partial charge in [0.05, 0.1) is 12.0 Å². The van der Waals surface area contributed by atoms with E-state index in [1.165, 1.54) is 0 Å². The quantitative estimate of drug-likeness (QED) is 0.540. The van der Waals surface area contributed by atoms with E-state index >= 15 is 0 Å². The molecule has 2 aliphatic rings. The van der Waals surface area contributed by atoms with E-state index in [4.69, 9.17) is 9.84 Å². The van der Waals surface area contributed by atoms with Crippen molar-refractivity contribution in [2.75, 3.05) is 19.7 Å². The Bertz CT molecular complexity index is 1050. The molecule has 1 fully saturated rings. The second-order valence-corrected chi connectivity index (χ2v) is 8.86. The summed E-state index contributed by atoms with van der Waals surface area (Å²) in [6.07, 6.45) is 1.52. The number of hydrogen-bond acceptors (Lipinski definition) is 4. The summed E-state index contributed by atoms with van der Waals surface area (Å²) >= 11 is 0. The third-order valence-electron chi connectivity index (χ3n) is 6.74. The Balaban J connectivity index is 1.36. The summed E-state index contributed by atoms with van der Waals surface area (Å²) in [5.74, 6) is -7.16. The zero-order valence-electron chi connectivity index (χ0n) is 18.5. The van der Waals surface area contributed by atoms with Crippen molar-refractivity contribution in [3.05, 3.63) is 59.7 Å². The van der Waals surface area contributed by atoms with Gasteiger partial charge in [-0.1, -0.05) is 61.4 Å². The second-order valence-electron chi connectivity index (χ2n) is 8.86. The van der Waals surface area contributed by atoms with Gasteiger partial charge in [0.1, 0.15) is 6.61 Å². The number of carbonyl (C=O) groups is 3. The smallest absolute Gasteiger partial charge is 0.407 e. The number of rotatable bonds is 8. The molecule has 34 heavy (non-hydrogen) atoms. The van der Waals surface area contributed by atoms with Crippen molar-refractivity contribution in [3.8, 4) is 11.1 Å². The number of ether oxygens (including phenoxy) is 1. The first kappa shape index (κ1) is 23.7. The maximum atomic E-state index is 13.4. The van der Waals surface area contributed by atoms with E-state index in [0.717, 1.165) is 22.3 Å². The lowest BCUT2D eigenvalue weighted by molar-refractivity contribution is -0.164. The first-order valence-electron chi connectivity index (χ1n) is 11.2. The summed E-state index contributed by atoms with van der Waals surface area (Å²) in [5.41, 5.74) is 3.28. The van der Waals surface area contributed by atoms with Crippen LogP contribution in [0.15, 0.2) is 48.5 Å². The number of carbonyl (C=O) groups excluding carboxylic acids is 2. The molecule has 0 heterocycles. The van der Waals surface area contributed by atoms with Crippen molar-refractivity contribution in [1.29, 1.82) is 0 Å². The monoisotopic (exact) mass is 472 g/mol. The molecule has 2 aromatic rings. The fourth-order valence-electron chi connectivity index (χ4n) is 4.88. The number of hydrogen-bond donors (Lipinski definition) is 3. The summed E-state index contributed by atoms with van der Waals surface area (Å²) in [4.78, 5) is 35.8. The number of fused-ring (bicyclic) bond motifs is 3. The first-order valence-corrected chi connectivity index (χ1v) is 11.2. The summed E-state index contributed by atoms with van der Waals surface area (Å²) < 4.78 is 32.3. The van der Waals surface area contributed by atoms with E-state index in [2.05, 4.69) is 5.32 Å². The average Bonchev–Trinajstić information content (AvgIpc) is 3.44. The fourth-order valence-corrected chi connectivity index (χ4v) is 4.88. The maximum Gasteiger partial charge on any atom is 0.407 e. The molecule has 7 nitrogen and oxygen atoms in total. The Morgan fingerprint density at radius 2 is 1.53 bits per heavy atom. The predicted octanol–water partition coefficient (Wildman–Crippen LogP) is 3.92. The Labute approximate surface area is 195 Å². The number of nitrogens with one attached hydrogen (secondary N) is 2. The van der Waals surface area contributed by atoms with Crippen LogP contribution in [-0.4, -0.2) is 48.7 Å². The molecule has 0 atom stereocenters. The SMILES string of the molecule is O=C(NCC1(C(=O)NCC(F)(F)C(=O)O)CCCC1)OCC1c2ccccc2-c2ccccc21. The molecule has 9 heteroatoms. The lowest BCUT2D eigenvalue weighted by Gasteiger charge is -2.28. The number of alkyl carbamates (subject to hydrolysis) is 1. The lowest BCUT2D eigenvalue weighted by atomic mass is 9.85. The van der Waals surface area contributed by atoms with E-state index < -0.39 is 35.9 Å². The molecule has 0 aromatic heterocycles. The van der Waals surface area contributed by atoms with Gasteiger partial charge < -0.3 is 20.5 Å². The Hall–Kier alpha value is -3.49. The predicted molar refractivity (Wildman–Crippen MR) is 120 cm³/mol. The van der Waals surface area contributed by atoms with Crippen molar-refractivity contribution in [3.63, 3.8) is 0 Å². The number of halogens is 2. The molecule has 4 rings (SSSR count). The zero-order valence-corrected chi connectivity index (χ0v) is 18.5. The van der Waals surface area contributed by atoms with Gasteiger partial charge in [-0.2, -0.15) is 8.78 Å². The Morgan fingerprint density at radius 3 is 2.09 bits per heavy atom. The van der Waals surface area contributed by atoms with Crippen LogP contribution in [0.5, 0.6) is 0 Å².